The van der Waals surface area contributed by atoms with Gasteiger partial charge in [-0.2, -0.15) is 0 Å². The van der Waals surface area contributed by atoms with Gasteiger partial charge in [-0.25, -0.2) is 0 Å². The lowest BCUT2D eigenvalue weighted by Crippen LogP contribution is -2.60. The maximum atomic E-state index is 5.94. The SMILES string of the molecule is CCC1(CC)CN(CC2CCC(C)O2)CCN1. The molecule has 2 heterocycles. The van der Waals surface area contributed by atoms with Crippen LogP contribution in [0.1, 0.15) is 46.5 Å². The molecule has 0 spiro atoms. The van der Waals surface area contributed by atoms with Gasteiger partial charge in [-0.1, -0.05) is 13.8 Å². The minimum Gasteiger partial charge on any atom is -0.374 e. The van der Waals surface area contributed by atoms with Crippen molar-refractivity contribution < 1.29 is 4.74 Å². The molecule has 0 saturated carbocycles. The van der Waals surface area contributed by atoms with Crippen LogP contribution in [0.5, 0.6) is 0 Å². The summed E-state index contributed by atoms with van der Waals surface area (Å²) in [7, 11) is 0. The predicted molar refractivity (Wildman–Crippen MR) is 71.3 cm³/mol. The van der Waals surface area contributed by atoms with E-state index in [0.29, 0.717) is 17.7 Å². The highest BCUT2D eigenvalue weighted by molar-refractivity contribution is 4.93. The average molecular weight is 240 g/mol. The van der Waals surface area contributed by atoms with E-state index in [0.717, 1.165) is 13.1 Å². The summed E-state index contributed by atoms with van der Waals surface area (Å²) in [6.45, 7) is 11.4. The van der Waals surface area contributed by atoms with Gasteiger partial charge < -0.3 is 10.1 Å². The van der Waals surface area contributed by atoms with Crippen LogP contribution in [-0.2, 0) is 4.74 Å². The van der Waals surface area contributed by atoms with Gasteiger partial charge in [0.05, 0.1) is 12.2 Å². The van der Waals surface area contributed by atoms with Crippen molar-refractivity contribution in [3.05, 3.63) is 0 Å². The molecule has 100 valence electrons. The lowest BCUT2D eigenvalue weighted by atomic mass is 9.90. The van der Waals surface area contributed by atoms with Crippen LogP contribution in [0.3, 0.4) is 0 Å². The summed E-state index contributed by atoms with van der Waals surface area (Å²) in [5, 5.41) is 3.71. The first-order chi connectivity index (χ1) is 8.17. The topological polar surface area (TPSA) is 24.5 Å². The van der Waals surface area contributed by atoms with Crippen molar-refractivity contribution in [2.24, 2.45) is 0 Å². The zero-order chi connectivity index (χ0) is 12.3. The zero-order valence-electron chi connectivity index (χ0n) is 11.7. The molecule has 2 atom stereocenters. The summed E-state index contributed by atoms with van der Waals surface area (Å²) >= 11 is 0. The summed E-state index contributed by atoms with van der Waals surface area (Å²) < 4.78 is 5.94. The molecular weight excluding hydrogens is 212 g/mol. The zero-order valence-corrected chi connectivity index (χ0v) is 11.7. The largest absolute Gasteiger partial charge is 0.374 e. The first-order valence-electron chi connectivity index (χ1n) is 7.30. The lowest BCUT2D eigenvalue weighted by Gasteiger charge is -2.43. The minimum atomic E-state index is 0.350. The third kappa shape index (κ3) is 3.21. The highest BCUT2D eigenvalue weighted by Crippen LogP contribution is 2.23. The van der Waals surface area contributed by atoms with E-state index in [1.54, 1.807) is 0 Å². The van der Waals surface area contributed by atoms with E-state index in [4.69, 9.17) is 4.74 Å². The van der Waals surface area contributed by atoms with E-state index in [-0.39, 0.29) is 0 Å². The van der Waals surface area contributed by atoms with Gasteiger partial charge in [0, 0.05) is 31.7 Å². The van der Waals surface area contributed by atoms with Gasteiger partial charge in [0.2, 0.25) is 0 Å². The molecule has 3 nitrogen and oxygen atoms in total. The molecule has 1 N–H and O–H groups in total. The standard InChI is InChI=1S/C14H28N2O/c1-4-14(5-2)11-16(9-8-15-14)10-13-7-6-12(3)17-13/h12-13,15H,4-11H2,1-3H3. The van der Waals surface area contributed by atoms with Crippen LogP contribution in [0, 0.1) is 0 Å². The second-order valence-corrected chi connectivity index (χ2v) is 5.80. The number of rotatable bonds is 4. The van der Waals surface area contributed by atoms with Crippen molar-refractivity contribution in [2.75, 3.05) is 26.2 Å². The Bertz CT molecular complexity index is 240. The number of hydrogen-bond donors (Lipinski definition) is 1. The molecule has 0 bridgehead atoms. The molecule has 2 fully saturated rings. The molecule has 2 unspecified atom stereocenters. The Morgan fingerprint density at radius 3 is 2.65 bits per heavy atom. The predicted octanol–water partition coefficient (Wildman–Crippen LogP) is 2.02. The van der Waals surface area contributed by atoms with E-state index in [1.165, 1.54) is 38.8 Å². The molecule has 2 saturated heterocycles. The van der Waals surface area contributed by atoms with Gasteiger partial charge in [0.25, 0.3) is 0 Å². The van der Waals surface area contributed by atoms with Crippen LogP contribution >= 0.6 is 0 Å². The fraction of sp³-hybridized carbons (Fsp3) is 1.00. The third-order valence-electron chi connectivity index (χ3n) is 4.59. The maximum absolute atomic E-state index is 5.94. The molecule has 17 heavy (non-hydrogen) atoms. The second-order valence-electron chi connectivity index (χ2n) is 5.80. The van der Waals surface area contributed by atoms with Gasteiger partial charge in [0.15, 0.2) is 0 Å². The van der Waals surface area contributed by atoms with E-state index in [1.807, 2.05) is 0 Å². The number of ether oxygens (including phenoxy) is 1. The summed E-state index contributed by atoms with van der Waals surface area (Å²) in [4.78, 5) is 2.60. The van der Waals surface area contributed by atoms with Crippen molar-refractivity contribution in [1.29, 1.82) is 0 Å². The number of nitrogens with one attached hydrogen (secondary N) is 1. The summed E-state index contributed by atoms with van der Waals surface area (Å²) in [6, 6.07) is 0. The fourth-order valence-electron chi connectivity index (χ4n) is 3.23. The van der Waals surface area contributed by atoms with Crippen LogP contribution in [0.15, 0.2) is 0 Å². The van der Waals surface area contributed by atoms with E-state index in [2.05, 4.69) is 31.0 Å². The Kier molecular flexibility index (Phi) is 4.45. The van der Waals surface area contributed by atoms with Crippen molar-refractivity contribution in [2.45, 2.75) is 64.2 Å². The molecule has 0 aliphatic carbocycles. The molecule has 3 heteroatoms. The van der Waals surface area contributed by atoms with Gasteiger partial charge in [-0.15, -0.1) is 0 Å². The molecular formula is C14H28N2O. The number of hydrogen-bond acceptors (Lipinski definition) is 3. The minimum absolute atomic E-state index is 0.350. The van der Waals surface area contributed by atoms with Crippen molar-refractivity contribution in [3.8, 4) is 0 Å². The van der Waals surface area contributed by atoms with Gasteiger partial charge in [0.1, 0.15) is 0 Å². The van der Waals surface area contributed by atoms with Crippen molar-refractivity contribution in [1.82, 2.24) is 10.2 Å². The van der Waals surface area contributed by atoms with Crippen molar-refractivity contribution >= 4 is 0 Å². The smallest absolute Gasteiger partial charge is 0.0706 e. The molecule has 0 radical (unpaired) electrons. The number of nitrogens with zero attached hydrogens (tertiary/aromatic N) is 1. The Labute approximate surface area is 106 Å². The number of piperazine rings is 1. The summed E-state index contributed by atoms with van der Waals surface area (Å²) in [5.41, 5.74) is 0.350. The van der Waals surface area contributed by atoms with Gasteiger partial charge in [-0.05, 0) is 32.6 Å². The molecule has 0 amide bonds. The molecule has 0 aromatic rings. The first kappa shape index (κ1) is 13.3. The average Bonchev–Trinajstić information content (AvgIpc) is 2.75. The van der Waals surface area contributed by atoms with Crippen LogP contribution in [-0.4, -0.2) is 48.8 Å². The molecule has 2 rings (SSSR count). The molecule has 2 aliphatic heterocycles. The van der Waals surface area contributed by atoms with Gasteiger partial charge >= 0.3 is 0 Å². The lowest BCUT2D eigenvalue weighted by molar-refractivity contribution is 0.0157. The highest BCUT2D eigenvalue weighted by Gasteiger charge is 2.33. The first-order valence-corrected chi connectivity index (χ1v) is 7.30. The monoisotopic (exact) mass is 240 g/mol. The molecule has 0 aromatic heterocycles. The normalized spacial score (nSPS) is 34.1. The van der Waals surface area contributed by atoms with E-state index < -0.39 is 0 Å². The maximum Gasteiger partial charge on any atom is 0.0706 e. The van der Waals surface area contributed by atoms with E-state index >= 15 is 0 Å². The molecule has 0 aromatic carbocycles. The fourth-order valence-corrected chi connectivity index (χ4v) is 3.23. The third-order valence-corrected chi connectivity index (χ3v) is 4.59. The Balaban J connectivity index is 1.85. The second kappa shape index (κ2) is 5.68. The van der Waals surface area contributed by atoms with Gasteiger partial charge in [-0.3, -0.25) is 4.90 Å². The van der Waals surface area contributed by atoms with Crippen LogP contribution in [0.4, 0.5) is 0 Å². The van der Waals surface area contributed by atoms with Crippen molar-refractivity contribution in [3.63, 3.8) is 0 Å². The van der Waals surface area contributed by atoms with Crippen LogP contribution in [0.2, 0.25) is 0 Å². The van der Waals surface area contributed by atoms with Crippen LogP contribution < -0.4 is 5.32 Å². The molecule has 2 aliphatic rings. The quantitative estimate of drug-likeness (QED) is 0.813. The summed E-state index contributed by atoms with van der Waals surface area (Å²) in [5.74, 6) is 0. The Hall–Kier alpha value is -0.120. The summed E-state index contributed by atoms with van der Waals surface area (Å²) in [6.07, 6.45) is 5.89. The highest BCUT2D eigenvalue weighted by atomic mass is 16.5. The van der Waals surface area contributed by atoms with Crippen LogP contribution in [0.25, 0.3) is 0 Å². The Morgan fingerprint density at radius 2 is 2.06 bits per heavy atom. The van der Waals surface area contributed by atoms with E-state index in [9.17, 15) is 0 Å². The Morgan fingerprint density at radius 1 is 1.29 bits per heavy atom.